The second-order valence-electron chi connectivity index (χ2n) is 4.76. The molecule has 3 nitrogen and oxygen atoms in total. The summed E-state index contributed by atoms with van der Waals surface area (Å²) in [7, 11) is 1.85. The Labute approximate surface area is 107 Å². The Morgan fingerprint density at radius 1 is 1.22 bits per heavy atom. The maximum Gasteiger partial charge on any atom is 0.187 e. The van der Waals surface area contributed by atoms with Crippen molar-refractivity contribution in [2.75, 3.05) is 0 Å². The number of benzene rings is 1. The summed E-state index contributed by atoms with van der Waals surface area (Å²) in [6, 6.07) is 7.94. The lowest BCUT2D eigenvalue weighted by Gasteiger charge is -2.07. The number of aromatic nitrogens is 2. The minimum Gasteiger partial charge on any atom is -0.292 e. The topological polar surface area (TPSA) is 34.9 Å². The molecular weight excluding hydrogens is 224 g/mol. The average molecular weight is 242 g/mol. The summed E-state index contributed by atoms with van der Waals surface area (Å²) in [5, 5.41) is 4.23. The number of carbonyl (C=O) groups excluding carboxylic acids is 1. The molecule has 2 aromatic rings. The molecule has 0 saturated heterocycles. The quantitative estimate of drug-likeness (QED) is 0.776. The summed E-state index contributed by atoms with van der Waals surface area (Å²) < 4.78 is 1.73. The van der Waals surface area contributed by atoms with E-state index in [1.807, 2.05) is 52.1 Å². The molecule has 0 fully saturated rings. The van der Waals surface area contributed by atoms with Crippen molar-refractivity contribution >= 4 is 5.78 Å². The molecule has 0 atom stereocenters. The van der Waals surface area contributed by atoms with E-state index in [0.29, 0.717) is 12.1 Å². The van der Waals surface area contributed by atoms with E-state index in [4.69, 9.17) is 0 Å². The summed E-state index contributed by atoms with van der Waals surface area (Å²) in [5.41, 5.74) is 5.00. The summed E-state index contributed by atoms with van der Waals surface area (Å²) in [6.45, 7) is 6.03. The molecule has 94 valence electrons. The highest BCUT2D eigenvalue weighted by Crippen LogP contribution is 2.16. The van der Waals surface area contributed by atoms with Crippen LogP contribution in [0.5, 0.6) is 0 Å². The van der Waals surface area contributed by atoms with Gasteiger partial charge in [-0.2, -0.15) is 5.10 Å². The highest BCUT2D eigenvalue weighted by Gasteiger charge is 2.14. The van der Waals surface area contributed by atoms with Gasteiger partial charge in [0.2, 0.25) is 0 Å². The molecule has 0 spiro atoms. The molecule has 1 heterocycles. The van der Waals surface area contributed by atoms with Gasteiger partial charge >= 0.3 is 0 Å². The molecule has 2 rings (SSSR count). The van der Waals surface area contributed by atoms with E-state index in [9.17, 15) is 4.79 Å². The van der Waals surface area contributed by atoms with Crippen molar-refractivity contribution in [3.05, 3.63) is 52.3 Å². The molecule has 0 radical (unpaired) electrons. The summed E-state index contributed by atoms with van der Waals surface area (Å²) in [5.74, 6) is 0.0797. The number of nitrogens with zero attached hydrogens (tertiary/aromatic N) is 2. The molecule has 1 aromatic carbocycles. The highest BCUT2D eigenvalue weighted by atomic mass is 16.1. The van der Waals surface area contributed by atoms with Gasteiger partial charge in [0.15, 0.2) is 5.78 Å². The third kappa shape index (κ3) is 2.35. The molecule has 0 N–H and O–H groups in total. The van der Waals surface area contributed by atoms with Gasteiger partial charge in [0.1, 0.15) is 5.69 Å². The minimum absolute atomic E-state index is 0.0797. The van der Waals surface area contributed by atoms with Crippen LogP contribution >= 0.6 is 0 Å². The van der Waals surface area contributed by atoms with Gasteiger partial charge in [-0.3, -0.25) is 9.48 Å². The lowest BCUT2D eigenvalue weighted by atomic mass is 9.97. The first kappa shape index (κ1) is 12.6. The molecule has 0 bridgehead atoms. The normalized spacial score (nSPS) is 10.7. The molecular formula is C15H18N2O. The van der Waals surface area contributed by atoms with E-state index >= 15 is 0 Å². The monoisotopic (exact) mass is 242 g/mol. The number of hydrogen-bond donors (Lipinski definition) is 0. The Morgan fingerprint density at radius 3 is 2.33 bits per heavy atom. The van der Waals surface area contributed by atoms with Gasteiger partial charge in [-0.15, -0.1) is 0 Å². The Balaban J connectivity index is 2.27. The second kappa shape index (κ2) is 4.77. The fourth-order valence-electron chi connectivity index (χ4n) is 2.08. The molecule has 0 saturated carbocycles. The Morgan fingerprint density at radius 2 is 1.83 bits per heavy atom. The summed E-state index contributed by atoms with van der Waals surface area (Å²) in [6.07, 6.45) is 0.426. The van der Waals surface area contributed by atoms with Crippen LogP contribution < -0.4 is 0 Å². The Bertz CT molecular complexity index is 557. The van der Waals surface area contributed by atoms with Gasteiger partial charge in [-0.25, -0.2) is 0 Å². The van der Waals surface area contributed by atoms with E-state index < -0.39 is 0 Å². The fourth-order valence-corrected chi connectivity index (χ4v) is 2.08. The first-order valence-electron chi connectivity index (χ1n) is 6.08. The molecule has 3 heteroatoms. The van der Waals surface area contributed by atoms with Crippen molar-refractivity contribution in [2.45, 2.75) is 27.2 Å². The van der Waals surface area contributed by atoms with Crippen LogP contribution in [0.15, 0.2) is 24.3 Å². The van der Waals surface area contributed by atoms with Crippen LogP contribution in [0.2, 0.25) is 0 Å². The zero-order chi connectivity index (χ0) is 13.3. The zero-order valence-corrected chi connectivity index (χ0v) is 11.3. The molecule has 0 aliphatic carbocycles. The number of ketones is 1. The minimum atomic E-state index is 0.0797. The Hall–Kier alpha value is -1.90. The van der Waals surface area contributed by atoms with Gasteiger partial charge in [-0.1, -0.05) is 18.2 Å². The molecule has 0 aliphatic rings. The average Bonchev–Trinajstić information content (AvgIpc) is 2.64. The van der Waals surface area contributed by atoms with Crippen LogP contribution in [0.3, 0.4) is 0 Å². The van der Waals surface area contributed by atoms with Crippen LogP contribution in [0.4, 0.5) is 0 Å². The maximum absolute atomic E-state index is 12.2. The van der Waals surface area contributed by atoms with Gasteiger partial charge in [0, 0.05) is 19.2 Å². The first-order chi connectivity index (χ1) is 8.49. The van der Waals surface area contributed by atoms with E-state index in [-0.39, 0.29) is 5.78 Å². The lowest BCUT2D eigenvalue weighted by molar-refractivity contribution is 0.0987. The fraction of sp³-hybridized carbons (Fsp3) is 0.333. The van der Waals surface area contributed by atoms with Gasteiger partial charge < -0.3 is 0 Å². The molecule has 0 amide bonds. The van der Waals surface area contributed by atoms with Crippen molar-refractivity contribution in [3.63, 3.8) is 0 Å². The van der Waals surface area contributed by atoms with Gasteiger partial charge in [0.05, 0.1) is 0 Å². The van der Waals surface area contributed by atoms with Crippen LogP contribution in [0.25, 0.3) is 0 Å². The van der Waals surface area contributed by atoms with Gasteiger partial charge in [0.25, 0.3) is 0 Å². The number of Topliss-reactive ketones (excluding diaryl/α,β-unsaturated/α-hetero) is 1. The van der Waals surface area contributed by atoms with Crippen molar-refractivity contribution < 1.29 is 4.79 Å². The molecule has 0 unspecified atom stereocenters. The van der Waals surface area contributed by atoms with Crippen LogP contribution in [-0.2, 0) is 13.5 Å². The third-order valence-corrected chi connectivity index (χ3v) is 3.38. The van der Waals surface area contributed by atoms with E-state index in [0.717, 1.165) is 22.4 Å². The standard InChI is InChI=1S/C15H18N2O/c1-10-6-5-7-11(2)13(10)9-15(18)14-8-12(3)17(4)16-14/h5-8H,9H2,1-4H3. The van der Waals surface area contributed by atoms with Gasteiger partial charge in [-0.05, 0) is 43.5 Å². The van der Waals surface area contributed by atoms with E-state index in [1.165, 1.54) is 0 Å². The largest absolute Gasteiger partial charge is 0.292 e. The number of rotatable bonds is 3. The molecule has 1 aromatic heterocycles. The van der Waals surface area contributed by atoms with Crippen molar-refractivity contribution in [1.29, 1.82) is 0 Å². The van der Waals surface area contributed by atoms with Crippen LogP contribution in [0, 0.1) is 20.8 Å². The van der Waals surface area contributed by atoms with Crippen molar-refractivity contribution in [3.8, 4) is 0 Å². The lowest BCUT2D eigenvalue weighted by Crippen LogP contribution is -2.07. The highest BCUT2D eigenvalue weighted by molar-refractivity contribution is 5.96. The maximum atomic E-state index is 12.2. The number of hydrogen-bond acceptors (Lipinski definition) is 2. The predicted octanol–water partition coefficient (Wildman–Crippen LogP) is 2.77. The van der Waals surface area contributed by atoms with Crippen LogP contribution in [-0.4, -0.2) is 15.6 Å². The van der Waals surface area contributed by atoms with E-state index in [2.05, 4.69) is 5.10 Å². The molecule has 0 aliphatic heterocycles. The number of carbonyl (C=O) groups is 1. The first-order valence-corrected chi connectivity index (χ1v) is 6.08. The van der Waals surface area contributed by atoms with Crippen LogP contribution in [0.1, 0.15) is 32.9 Å². The van der Waals surface area contributed by atoms with Crippen molar-refractivity contribution in [2.24, 2.45) is 7.05 Å². The SMILES string of the molecule is Cc1cccc(C)c1CC(=O)c1cc(C)n(C)n1. The zero-order valence-electron chi connectivity index (χ0n) is 11.3. The summed E-state index contributed by atoms with van der Waals surface area (Å²) in [4.78, 5) is 12.2. The van der Waals surface area contributed by atoms with Crippen molar-refractivity contribution in [1.82, 2.24) is 9.78 Å². The Kier molecular flexibility index (Phi) is 3.32. The summed E-state index contributed by atoms with van der Waals surface area (Å²) >= 11 is 0. The third-order valence-electron chi connectivity index (χ3n) is 3.38. The smallest absolute Gasteiger partial charge is 0.187 e. The molecule has 18 heavy (non-hydrogen) atoms. The van der Waals surface area contributed by atoms with E-state index in [1.54, 1.807) is 4.68 Å². The number of aryl methyl sites for hydroxylation is 4. The second-order valence-corrected chi connectivity index (χ2v) is 4.76. The predicted molar refractivity (Wildman–Crippen MR) is 71.9 cm³/mol.